The van der Waals surface area contributed by atoms with Crippen LogP contribution in [0.25, 0.3) is 0 Å². The molecule has 80 valence electrons. The molecule has 0 aromatic carbocycles. The Balaban J connectivity index is 1.86. The summed E-state index contributed by atoms with van der Waals surface area (Å²) in [6.07, 6.45) is 14.5. The molecule has 0 amide bonds. The molecule has 15 heavy (non-hydrogen) atoms. The summed E-state index contributed by atoms with van der Waals surface area (Å²) < 4.78 is 0. The fraction of sp³-hybridized carbons (Fsp3) is 0.643. The largest absolute Gasteiger partial charge is 0.299 e. The van der Waals surface area contributed by atoms with Crippen LogP contribution in [0, 0.1) is 23.7 Å². The molecule has 1 heteroatoms. The third kappa shape index (κ3) is 1.49. The van der Waals surface area contributed by atoms with E-state index in [0.717, 1.165) is 25.7 Å². The van der Waals surface area contributed by atoms with E-state index < -0.39 is 0 Å². The Morgan fingerprint density at radius 2 is 1.27 bits per heavy atom. The first-order chi connectivity index (χ1) is 7.36. The molecule has 4 atom stereocenters. The normalized spacial score (nSPS) is 43.6. The van der Waals surface area contributed by atoms with Gasteiger partial charge in [-0.25, -0.2) is 0 Å². The molecular formula is C14H18O. The zero-order valence-electron chi connectivity index (χ0n) is 9.06. The van der Waals surface area contributed by atoms with E-state index in [2.05, 4.69) is 24.3 Å². The molecule has 0 saturated heterocycles. The van der Waals surface area contributed by atoms with E-state index in [4.69, 9.17) is 0 Å². The third-order valence-corrected chi connectivity index (χ3v) is 4.47. The quantitative estimate of drug-likeness (QED) is 0.551. The van der Waals surface area contributed by atoms with Crippen LogP contribution in [0.15, 0.2) is 24.3 Å². The number of carbonyl (C=O) groups is 1. The van der Waals surface area contributed by atoms with Crippen molar-refractivity contribution in [1.29, 1.82) is 0 Å². The lowest BCUT2D eigenvalue weighted by molar-refractivity contribution is -0.134. The third-order valence-electron chi connectivity index (χ3n) is 4.47. The molecule has 0 bridgehead atoms. The van der Waals surface area contributed by atoms with Crippen LogP contribution in [-0.4, -0.2) is 5.78 Å². The highest BCUT2D eigenvalue weighted by molar-refractivity contribution is 5.85. The van der Waals surface area contributed by atoms with Gasteiger partial charge < -0.3 is 0 Å². The minimum atomic E-state index is 0.364. The highest BCUT2D eigenvalue weighted by Gasteiger charge is 2.43. The Labute approximate surface area is 91.2 Å². The van der Waals surface area contributed by atoms with E-state index in [0.29, 0.717) is 29.5 Å². The first-order valence-corrected chi connectivity index (χ1v) is 6.20. The monoisotopic (exact) mass is 202 g/mol. The highest BCUT2D eigenvalue weighted by Crippen LogP contribution is 2.45. The molecule has 0 heterocycles. The van der Waals surface area contributed by atoms with Crippen molar-refractivity contribution in [3.05, 3.63) is 24.3 Å². The number of hydrogen-bond donors (Lipinski definition) is 0. The first kappa shape index (κ1) is 9.38. The highest BCUT2D eigenvalue weighted by atomic mass is 16.1. The average molecular weight is 202 g/mol. The van der Waals surface area contributed by atoms with Gasteiger partial charge in [0.05, 0.1) is 0 Å². The number of hydrogen-bond acceptors (Lipinski definition) is 1. The first-order valence-electron chi connectivity index (χ1n) is 6.20. The van der Waals surface area contributed by atoms with E-state index in [9.17, 15) is 4.79 Å². The Morgan fingerprint density at radius 1 is 0.800 bits per heavy atom. The van der Waals surface area contributed by atoms with Gasteiger partial charge in [0, 0.05) is 11.8 Å². The standard InChI is InChI=1S/C14H18O/c15-14-12-7-3-1-5-10(12)9-11-6-2-4-8-13(11)14/h1-4,10-13H,5-9H2/t10-,11-,12-,13-/m0/s1. The van der Waals surface area contributed by atoms with Crippen molar-refractivity contribution in [1.82, 2.24) is 0 Å². The Morgan fingerprint density at radius 3 is 1.80 bits per heavy atom. The van der Waals surface area contributed by atoms with Crippen LogP contribution in [0.2, 0.25) is 0 Å². The van der Waals surface area contributed by atoms with Crippen LogP contribution >= 0.6 is 0 Å². The second-order valence-electron chi connectivity index (χ2n) is 5.26. The SMILES string of the molecule is O=C1[C@H]2CC=CC[C@H]2C[C@@H]2CC=CC[C@H]12. The summed E-state index contributed by atoms with van der Waals surface area (Å²) in [7, 11) is 0. The van der Waals surface area contributed by atoms with Crippen LogP contribution in [0.1, 0.15) is 32.1 Å². The lowest BCUT2D eigenvalue weighted by Gasteiger charge is -2.42. The molecule has 0 unspecified atom stereocenters. The lowest BCUT2D eigenvalue weighted by Crippen LogP contribution is -2.41. The zero-order valence-corrected chi connectivity index (χ0v) is 9.06. The summed E-state index contributed by atoms with van der Waals surface area (Å²) in [4.78, 5) is 12.3. The van der Waals surface area contributed by atoms with Gasteiger partial charge in [-0.05, 0) is 43.9 Å². The maximum absolute atomic E-state index is 12.3. The predicted octanol–water partition coefficient (Wildman–Crippen LogP) is 3.12. The summed E-state index contributed by atoms with van der Waals surface area (Å²) in [6, 6.07) is 0. The van der Waals surface area contributed by atoms with Gasteiger partial charge >= 0.3 is 0 Å². The van der Waals surface area contributed by atoms with Gasteiger partial charge in [-0.2, -0.15) is 0 Å². The molecular weight excluding hydrogens is 184 g/mol. The van der Waals surface area contributed by atoms with Crippen LogP contribution in [0.4, 0.5) is 0 Å². The summed E-state index contributed by atoms with van der Waals surface area (Å²) in [5.74, 6) is 2.63. The summed E-state index contributed by atoms with van der Waals surface area (Å²) >= 11 is 0. The molecule has 3 rings (SSSR count). The number of rotatable bonds is 0. The van der Waals surface area contributed by atoms with Gasteiger partial charge in [0.2, 0.25) is 0 Å². The van der Waals surface area contributed by atoms with Crippen LogP contribution in [-0.2, 0) is 4.79 Å². The molecule has 3 aliphatic carbocycles. The zero-order chi connectivity index (χ0) is 10.3. The maximum Gasteiger partial charge on any atom is 0.140 e. The van der Waals surface area contributed by atoms with Crippen molar-refractivity contribution in [3.8, 4) is 0 Å². The van der Waals surface area contributed by atoms with Crippen molar-refractivity contribution >= 4 is 5.78 Å². The van der Waals surface area contributed by atoms with Gasteiger partial charge in [-0.3, -0.25) is 4.79 Å². The Hall–Kier alpha value is -0.850. The van der Waals surface area contributed by atoms with Gasteiger partial charge in [0.25, 0.3) is 0 Å². The van der Waals surface area contributed by atoms with Crippen LogP contribution < -0.4 is 0 Å². The Bertz CT molecular complexity index is 296. The summed E-state index contributed by atoms with van der Waals surface area (Å²) in [5, 5.41) is 0. The molecule has 0 N–H and O–H groups in total. The smallest absolute Gasteiger partial charge is 0.140 e. The fourth-order valence-electron chi connectivity index (χ4n) is 3.62. The van der Waals surface area contributed by atoms with E-state index in [1.165, 1.54) is 6.42 Å². The molecule has 0 aliphatic heterocycles. The van der Waals surface area contributed by atoms with E-state index in [1.54, 1.807) is 0 Å². The molecule has 3 aliphatic rings. The molecule has 1 saturated carbocycles. The molecule has 0 aromatic rings. The molecule has 0 aromatic heterocycles. The van der Waals surface area contributed by atoms with Gasteiger partial charge in [0.15, 0.2) is 0 Å². The molecule has 0 radical (unpaired) electrons. The molecule has 1 fully saturated rings. The lowest BCUT2D eigenvalue weighted by atomic mass is 9.61. The van der Waals surface area contributed by atoms with Crippen molar-refractivity contribution in [3.63, 3.8) is 0 Å². The van der Waals surface area contributed by atoms with Crippen molar-refractivity contribution in [2.24, 2.45) is 23.7 Å². The second-order valence-corrected chi connectivity index (χ2v) is 5.26. The number of allylic oxidation sites excluding steroid dienone is 4. The van der Waals surface area contributed by atoms with Crippen molar-refractivity contribution in [2.75, 3.05) is 0 Å². The number of carbonyl (C=O) groups excluding carboxylic acids is 1. The fourth-order valence-corrected chi connectivity index (χ4v) is 3.62. The van der Waals surface area contributed by atoms with Crippen molar-refractivity contribution < 1.29 is 4.79 Å². The average Bonchev–Trinajstić information content (AvgIpc) is 2.30. The van der Waals surface area contributed by atoms with E-state index in [1.807, 2.05) is 0 Å². The van der Waals surface area contributed by atoms with Gasteiger partial charge in [0.1, 0.15) is 5.78 Å². The van der Waals surface area contributed by atoms with Crippen LogP contribution in [0.3, 0.4) is 0 Å². The van der Waals surface area contributed by atoms with Gasteiger partial charge in [-0.15, -0.1) is 0 Å². The van der Waals surface area contributed by atoms with Crippen molar-refractivity contribution in [2.45, 2.75) is 32.1 Å². The number of ketones is 1. The predicted molar refractivity (Wildman–Crippen MR) is 60.3 cm³/mol. The Kier molecular flexibility index (Phi) is 2.27. The second kappa shape index (κ2) is 3.62. The van der Waals surface area contributed by atoms with E-state index in [-0.39, 0.29) is 0 Å². The topological polar surface area (TPSA) is 17.1 Å². The number of Topliss-reactive ketones (excluding diaryl/α,β-unsaturated/α-hetero) is 1. The number of fused-ring (bicyclic) bond motifs is 2. The summed E-state index contributed by atoms with van der Waals surface area (Å²) in [6.45, 7) is 0. The molecule has 0 spiro atoms. The summed E-state index contributed by atoms with van der Waals surface area (Å²) in [5.41, 5.74) is 0. The van der Waals surface area contributed by atoms with Gasteiger partial charge in [-0.1, -0.05) is 24.3 Å². The van der Waals surface area contributed by atoms with E-state index >= 15 is 0 Å². The molecule has 1 nitrogen and oxygen atoms in total. The minimum Gasteiger partial charge on any atom is -0.299 e. The minimum absolute atomic E-state index is 0.364. The maximum atomic E-state index is 12.3. The van der Waals surface area contributed by atoms with Crippen LogP contribution in [0.5, 0.6) is 0 Å².